The van der Waals surface area contributed by atoms with Gasteiger partial charge in [0.2, 0.25) is 5.91 Å². The van der Waals surface area contributed by atoms with Crippen LogP contribution in [0.5, 0.6) is 0 Å². The lowest BCUT2D eigenvalue weighted by atomic mass is 10.1. The Morgan fingerprint density at radius 2 is 1.83 bits per heavy atom. The topological polar surface area (TPSA) is 49.4 Å². The maximum Gasteiger partial charge on any atom is 0.258 e. The van der Waals surface area contributed by atoms with Crippen molar-refractivity contribution in [3.63, 3.8) is 0 Å². The average Bonchev–Trinajstić information content (AvgIpc) is 3.03. The maximum atomic E-state index is 12.8. The van der Waals surface area contributed by atoms with Crippen LogP contribution in [0.3, 0.4) is 0 Å². The van der Waals surface area contributed by atoms with E-state index < -0.39 is 0 Å². The van der Waals surface area contributed by atoms with Crippen molar-refractivity contribution >= 4 is 40.0 Å². The third-order valence-electron chi connectivity index (χ3n) is 5.52. The highest BCUT2D eigenvalue weighted by atomic mass is 32.2. The van der Waals surface area contributed by atoms with Crippen molar-refractivity contribution < 1.29 is 9.59 Å². The average molecular weight is 419 g/mol. The fourth-order valence-corrected chi connectivity index (χ4v) is 4.84. The fraction of sp³-hybridized carbons (Fsp3) is 0.280. The van der Waals surface area contributed by atoms with Crippen LogP contribution < -0.4 is 10.2 Å². The first-order chi connectivity index (χ1) is 14.6. The van der Waals surface area contributed by atoms with Crippen molar-refractivity contribution in [2.75, 3.05) is 23.7 Å². The summed E-state index contributed by atoms with van der Waals surface area (Å²) in [5.41, 5.74) is 4.38. The van der Waals surface area contributed by atoms with E-state index in [1.807, 2.05) is 53.1 Å². The lowest BCUT2D eigenvalue weighted by molar-refractivity contribution is -0.121. The number of anilines is 1. The van der Waals surface area contributed by atoms with E-state index in [0.717, 1.165) is 33.5 Å². The van der Waals surface area contributed by atoms with Gasteiger partial charge >= 0.3 is 0 Å². The normalized spacial score (nSPS) is 12.6. The van der Waals surface area contributed by atoms with Gasteiger partial charge in [0.05, 0.1) is 5.69 Å². The Hall–Kier alpha value is -2.79. The van der Waals surface area contributed by atoms with Crippen LogP contribution in [-0.2, 0) is 10.5 Å². The second-order valence-electron chi connectivity index (χ2n) is 7.57. The molecule has 0 saturated heterocycles. The minimum atomic E-state index is 0.0369. The van der Waals surface area contributed by atoms with Gasteiger partial charge in [-0.2, -0.15) is 11.8 Å². The molecule has 0 unspecified atom stereocenters. The molecule has 0 spiro atoms. The van der Waals surface area contributed by atoms with E-state index in [2.05, 4.69) is 36.5 Å². The van der Waals surface area contributed by atoms with Gasteiger partial charge in [-0.25, -0.2) is 0 Å². The third-order valence-corrected chi connectivity index (χ3v) is 6.53. The number of hydrogen-bond acceptors (Lipinski definition) is 3. The summed E-state index contributed by atoms with van der Waals surface area (Å²) in [6.07, 6.45) is 1.08. The van der Waals surface area contributed by atoms with Crippen LogP contribution >= 0.6 is 11.8 Å². The summed E-state index contributed by atoms with van der Waals surface area (Å²) < 4.78 is 0. The molecule has 30 heavy (non-hydrogen) atoms. The van der Waals surface area contributed by atoms with Crippen LogP contribution in [0.25, 0.3) is 10.8 Å². The van der Waals surface area contributed by atoms with E-state index in [-0.39, 0.29) is 11.8 Å². The minimum Gasteiger partial charge on any atom is -0.355 e. The molecule has 0 aromatic heterocycles. The molecular formula is C25H26N2O2S. The summed E-state index contributed by atoms with van der Waals surface area (Å²) in [4.78, 5) is 26.7. The lowest BCUT2D eigenvalue weighted by Gasteiger charge is -2.17. The second-order valence-corrected chi connectivity index (χ2v) is 8.68. The molecule has 4 rings (SSSR count). The number of hydrogen-bond donors (Lipinski definition) is 1. The number of amides is 2. The predicted octanol–water partition coefficient (Wildman–Crippen LogP) is 4.94. The van der Waals surface area contributed by atoms with Crippen LogP contribution in [0.4, 0.5) is 5.69 Å². The minimum absolute atomic E-state index is 0.0369. The number of rotatable bonds is 9. The summed E-state index contributed by atoms with van der Waals surface area (Å²) in [7, 11) is 0. The highest BCUT2D eigenvalue weighted by Gasteiger charge is 2.28. The van der Waals surface area contributed by atoms with Gasteiger partial charge in [-0.15, -0.1) is 0 Å². The molecule has 1 heterocycles. The Balaban J connectivity index is 1.19. The lowest BCUT2D eigenvalue weighted by Crippen LogP contribution is -2.30. The molecule has 1 N–H and O–H groups in total. The number of carbonyl (C=O) groups excluding carboxylic acids is 2. The monoisotopic (exact) mass is 418 g/mol. The van der Waals surface area contributed by atoms with E-state index in [1.165, 1.54) is 11.1 Å². The molecule has 0 bridgehead atoms. The van der Waals surface area contributed by atoms with Crippen molar-refractivity contribution in [3.05, 3.63) is 77.4 Å². The number of nitrogens with zero attached hydrogens (tertiary/aromatic N) is 1. The second kappa shape index (κ2) is 9.35. The van der Waals surface area contributed by atoms with Gasteiger partial charge < -0.3 is 10.2 Å². The van der Waals surface area contributed by atoms with Crippen molar-refractivity contribution in [1.82, 2.24) is 5.32 Å². The number of thioether (sulfide) groups is 1. The Morgan fingerprint density at radius 1 is 1.03 bits per heavy atom. The summed E-state index contributed by atoms with van der Waals surface area (Å²) in [6.45, 7) is 3.35. The van der Waals surface area contributed by atoms with Crippen molar-refractivity contribution in [2.45, 2.75) is 25.5 Å². The quantitative estimate of drug-likeness (QED) is 0.501. The molecule has 3 aromatic rings. The number of nitrogens with one attached hydrogen (secondary N) is 1. The first-order valence-corrected chi connectivity index (χ1v) is 11.5. The molecular weight excluding hydrogens is 392 g/mol. The Labute approximate surface area is 181 Å². The van der Waals surface area contributed by atoms with Crippen molar-refractivity contribution in [3.8, 4) is 0 Å². The van der Waals surface area contributed by atoms with Crippen molar-refractivity contribution in [2.24, 2.45) is 0 Å². The fourth-order valence-electron chi connectivity index (χ4n) is 3.90. The van der Waals surface area contributed by atoms with Crippen LogP contribution in [0.15, 0.2) is 60.7 Å². The molecule has 0 saturated carbocycles. The molecule has 1 aliphatic rings. The molecule has 0 fully saturated rings. The highest BCUT2D eigenvalue weighted by Crippen LogP contribution is 2.37. The molecule has 2 amide bonds. The maximum absolute atomic E-state index is 12.8. The third kappa shape index (κ3) is 4.36. The van der Waals surface area contributed by atoms with Gasteiger partial charge in [-0.1, -0.05) is 48.5 Å². The summed E-state index contributed by atoms with van der Waals surface area (Å²) in [5.74, 6) is 1.94. The zero-order valence-electron chi connectivity index (χ0n) is 17.2. The van der Waals surface area contributed by atoms with Crippen LogP contribution in [-0.4, -0.2) is 30.7 Å². The zero-order chi connectivity index (χ0) is 20.9. The Bertz CT molecular complexity index is 1070. The van der Waals surface area contributed by atoms with Gasteiger partial charge in [-0.05, 0) is 42.0 Å². The van der Waals surface area contributed by atoms with E-state index in [4.69, 9.17) is 0 Å². The Morgan fingerprint density at radius 3 is 2.67 bits per heavy atom. The van der Waals surface area contributed by atoms with Gasteiger partial charge in [0.1, 0.15) is 0 Å². The number of benzene rings is 3. The number of carbonyl (C=O) groups is 2. The summed E-state index contributed by atoms with van der Waals surface area (Å²) >= 11 is 1.83. The molecule has 4 nitrogen and oxygen atoms in total. The molecule has 0 aliphatic carbocycles. The first-order valence-electron chi connectivity index (χ1n) is 10.4. The van der Waals surface area contributed by atoms with Gasteiger partial charge in [0, 0.05) is 42.0 Å². The SMILES string of the molecule is Cc1ccccc1CSCCNC(=O)CCCN1C(=O)c2cccc3cccc1c23. The molecule has 1 aliphatic heterocycles. The largest absolute Gasteiger partial charge is 0.355 e. The van der Waals surface area contributed by atoms with Crippen LogP contribution in [0.2, 0.25) is 0 Å². The van der Waals surface area contributed by atoms with Gasteiger partial charge in [0.25, 0.3) is 5.91 Å². The van der Waals surface area contributed by atoms with Gasteiger partial charge in [-0.3, -0.25) is 9.59 Å². The molecule has 154 valence electrons. The Kier molecular flexibility index (Phi) is 6.38. The summed E-state index contributed by atoms with van der Waals surface area (Å²) in [6, 6.07) is 20.2. The van der Waals surface area contributed by atoms with Gasteiger partial charge in [0.15, 0.2) is 0 Å². The first kappa shape index (κ1) is 20.5. The molecule has 3 aromatic carbocycles. The molecule has 5 heteroatoms. The standard InChI is InChI=1S/C25H26N2O2S/c1-18-7-2-3-8-20(18)17-30-16-14-26-23(28)13-6-15-27-22-12-5-10-19-9-4-11-21(24(19)22)25(27)29/h2-5,7-12H,6,13-17H2,1H3,(H,26,28). The zero-order valence-corrected chi connectivity index (χ0v) is 18.0. The van der Waals surface area contributed by atoms with Crippen LogP contribution in [0, 0.1) is 6.92 Å². The van der Waals surface area contributed by atoms with Crippen LogP contribution in [0.1, 0.15) is 34.3 Å². The molecule has 0 radical (unpaired) electrons. The van der Waals surface area contributed by atoms with E-state index in [9.17, 15) is 9.59 Å². The summed E-state index contributed by atoms with van der Waals surface area (Å²) in [5, 5.41) is 5.11. The van der Waals surface area contributed by atoms with E-state index in [0.29, 0.717) is 25.9 Å². The van der Waals surface area contributed by atoms with E-state index in [1.54, 1.807) is 0 Å². The highest BCUT2D eigenvalue weighted by molar-refractivity contribution is 7.98. The number of aryl methyl sites for hydroxylation is 1. The van der Waals surface area contributed by atoms with E-state index >= 15 is 0 Å². The molecule has 0 atom stereocenters. The predicted molar refractivity (Wildman–Crippen MR) is 125 cm³/mol. The van der Waals surface area contributed by atoms with Crippen molar-refractivity contribution in [1.29, 1.82) is 0 Å². The smallest absolute Gasteiger partial charge is 0.258 e.